The summed E-state index contributed by atoms with van der Waals surface area (Å²) in [5, 5.41) is 13.9. The number of fused-ring (bicyclic) bond motifs is 1. The highest BCUT2D eigenvalue weighted by molar-refractivity contribution is 7.89. The molecule has 130 valence electrons. The minimum absolute atomic E-state index is 0.109. The SMILES string of the molecule is N=C(N)c1c(-c2ccc3ncccc3c2)cccc1S(N)(=O)=O.NN. The summed E-state index contributed by atoms with van der Waals surface area (Å²) in [6.45, 7) is 0. The van der Waals surface area contributed by atoms with Gasteiger partial charge in [-0.05, 0) is 35.4 Å². The lowest BCUT2D eigenvalue weighted by atomic mass is 9.97. The number of primary sulfonamides is 1. The standard InChI is InChI=1S/C16H14N4O2S.H4N2/c17-16(18)15-12(4-1-5-14(15)23(19,21)22)10-6-7-13-11(9-10)3-2-8-20-13;1-2/h1-9H,(H3,17,18)(H2,19,21,22);1-2H2. The molecule has 0 spiro atoms. The molecule has 0 atom stereocenters. The first-order valence-corrected chi connectivity index (χ1v) is 8.61. The van der Waals surface area contributed by atoms with Crippen LogP contribution in [0.4, 0.5) is 0 Å². The first-order chi connectivity index (χ1) is 11.9. The highest BCUT2D eigenvalue weighted by Crippen LogP contribution is 2.30. The molecule has 0 aliphatic carbocycles. The zero-order valence-corrected chi connectivity index (χ0v) is 14.0. The molecule has 8 nitrogen and oxygen atoms in total. The van der Waals surface area contributed by atoms with Crippen LogP contribution < -0.4 is 22.6 Å². The molecule has 0 saturated heterocycles. The molecular weight excluding hydrogens is 340 g/mol. The van der Waals surface area contributed by atoms with Crippen molar-refractivity contribution in [1.82, 2.24) is 4.98 Å². The Morgan fingerprint density at radius 2 is 1.76 bits per heavy atom. The summed E-state index contributed by atoms with van der Waals surface area (Å²) >= 11 is 0. The maximum Gasteiger partial charge on any atom is 0.238 e. The van der Waals surface area contributed by atoms with Crippen LogP contribution in [0.5, 0.6) is 0 Å². The number of amidine groups is 1. The van der Waals surface area contributed by atoms with E-state index in [2.05, 4.69) is 16.7 Å². The Morgan fingerprint density at radius 1 is 1.04 bits per heavy atom. The van der Waals surface area contributed by atoms with Gasteiger partial charge in [-0.15, -0.1) is 0 Å². The fourth-order valence-electron chi connectivity index (χ4n) is 2.53. The quantitative estimate of drug-likeness (QED) is 0.199. The predicted octanol–water partition coefficient (Wildman–Crippen LogP) is 0.652. The largest absolute Gasteiger partial charge is 0.384 e. The molecule has 9 heteroatoms. The van der Waals surface area contributed by atoms with Crippen LogP contribution in [-0.4, -0.2) is 19.2 Å². The van der Waals surface area contributed by atoms with Gasteiger partial charge in [0, 0.05) is 17.1 Å². The van der Waals surface area contributed by atoms with Crippen LogP contribution in [0.3, 0.4) is 0 Å². The normalized spacial score (nSPS) is 10.8. The van der Waals surface area contributed by atoms with Crippen molar-refractivity contribution in [3.05, 3.63) is 60.3 Å². The van der Waals surface area contributed by atoms with E-state index < -0.39 is 10.0 Å². The van der Waals surface area contributed by atoms with Gasteiger partial charge in [0.25, 0.3) is 0 Å². The molecule has 9 N–H and O–H groups in total. The van der Waals surface area contributed by atoms with Gasteiger partial charge in [-0.3, -0.25) is 22.1 Å². The van der Waals surface area contributed by atoms with Gasteiger partial charge >= 0.3 is 0 Å². The van der Waals surface area contributed by atoms with Crippen LogP contribution in [0.15, 0.2) is 59.6 Å². The Labute approximate surface area is 145 Å². The second-order valence-electron chi connectivity index (χ2n) is 5.05. The van der Waals surface area contributed by atoms with Crippen LogP contribution in [0, 0.1) is 5.41 Å². The number of hydrazine groups is 1. The van der Waals surface area contributed by atoms with E-state index in [1.54, 1.807) is 18.3 Å². The molecule has 3 aromatic rings. The lowest BCUT2D eigenvalue weighted by molar-refractivity contribution is 0.597. The van der Waals surface area contributed by atoms with E-state index >= 15 is 0 Å². The summed E-state index contributed by atoms with van der Waals surface area (Å²) in [6.07, 6.45) is 1.70. The Kier molecular flexibility index (Phi) is 5.45. The van der Waals surface area contributed by atoms with Gasteiger partial charge in [-0.25, -0.2) is 13.6 Å². The molecule has 3 rings (SSSR count). The number of rotatable bonds is 3. The molecular formula is C16H18N6O2S. The molecule has 1 heterocycles. The third-order valence-corrected chi connectivity index (χ3v) is 4.47. The summed E-state index contributed by atoms with van der Waals surface area (Å²) in [6, 6.07) is 13.9. The van der Waals surface area contributed by atoms with Crippen LogP contribution in [0.1, 0.15) is 5.56 Å². The van der Waals surface area contributed by atoms with Crippen LogP contribution >= 0.6 is 0 Å². The van der Waals surface area contributed by atoms with Crippen molar-refractivity contribution in [2.24, 2.45) is 22.6 Å². The molecule has 2 aromatic carbocycles. The van der Waals surface area contributed by atoms with Crippen molar-refractivity contribution in [2.75, 3.05) is 0 Å². The zero-order valence-electron chi connectivity index (χ0n) is 13.2. The third kappa shape index (κ3) is 3.80. The van der Waals surface area contributed by atoms with Gasteiger partial charge in [0.15, 0.2) is 0 Å². The van der Waals surface area contributed by atoms with Crippen molar-refractivity contribution in [2.45, 2.75) is 4.90 Å². The van der Waals surface area contributed by atoms with Gasteiger partial charge in [-0.1, -0.05) is 24.3 Å². The maximum absolute atomic E-state index is 11.8. The topological polar surface area (TPSA) is 175 Å². The number of sulfonamides is 1. The van der Waals surface area contributed by atoms with E-state index in [1.807, 2.05) is 30.3 Å². The van der Waals surface area contributed by atoms with Crippen LogP contribution in [-0.2, 0) is 10.0 Å². The van der Waals surface area contributed by atoms with Crippen molar-refractivity contribution in [1.29, 1.82) is 5.41 Å². The number of hydrogen-bond acceptors (Lipinski definition) is 6. The molecule has 0 fully saturated rings. The second-order valence-corrected chi connectivity index (χ2v) is 6.58. The number of pyridine rings is 1. The van der Waals surface area contributed by atoms with Crippen LogP contribution in [0.25, 0.3) is 22.0 Å². The zero-order chi connectivity index (χ0) is 18.6. The molecule has 0 amide bonds. The average molecular weight is 358 g/mol. The molecule has 0 saturated carbocycles. The number of aromatic nitrogens is 1. The molecule has 1 aromatic heterocycles. The van der Waals surface area contributed by atoms with Gasteiger partial charge in [0.05, 0.1) is 10.4 Å². The Hall–Kier alpha value is -2.85. The monoisotopic (exact) mass is 358 g/mol. The summed E-state index contributed by atoms with van der Waals surface area (Å²) in [4.78, 5) is 4.09. The smallest absolute Gasteiger partial charge is 0.238 e. The average Bonchev–Trinajstić information content (AvgIpc) is 2.61. The van der Waals surface area contributed by atoms with Gasteiger partial charge < -0.3 is 5.73 Å². The van der Waals surface area contributed by atoms with E-state index in [4.69, 9.17) is 16.3 Å². The Morgan fingerprint density at radius 3 is 2.40 bits per heavy atom. The highest BCUT2D eigenvalue weighted by atomic mass is 32.2. The lowest BCUT2D eigenvalue weighted by Crippen LogP contribution is -2.21. The van der Waals surface area contributed by atoms with Gasteiger partial charge in [-0.2, -0.15) is 0 Å². The Bertz CT molecular complexity index is 1030. The number of nitrogens with one attached hydrogen (secondary N) is 1. The molecule has 25 heavy (non-hydrogen) atoms. The van der Waals surface area contributed by atoms with Gasteiger partial charge in [0.2, 0.25) is 10.0 Å². The van der Waals surface area contributed by atoms with Crippen LogP contribution in [0.2, 0.25) is 0 Å². The van der Waals surface area contributed by atoms with Crippen molar-refractivity contribution >= 4 is 26.8 Å². The lowest BCUT2D eigenvalue weighted by Gasteiger charge is -2.13. The van der Waals surface area contributed by atoms with Crippen molar-refractivity contribution in [3.63, 3.8) is 0 Å². The highest BCUT2D eigenvalue weighted by Gasteiger charge is 2.20. The van der Waals surface area contributed by atoms with Crippen molar-refractivity contribution < 1.29 is 8.42 Å². The summed E-state index contributed by atoms with van der Waals surface area (Å²) in [5.74, 6) is 7.65. The first-order valence-electron chi connectivity index (χ1n) is 7.06. The minimum Gasteiger partial charge on any atom is -0.384 e. The Balaban J connectivity index is 0.00000109. The molecule has 0 unspecified atom stereocenters. The fourth-order valence-corrected chi connectivity index (χ4v) is 3.30. The van der Waals surface area contributed by atoms with E-state index in [0.717, 1.165) is 16.5 Å². The summed E-state index contributed by atoms with van der Waals surface area (Å²) in [5.41, 5.74) is 7.82. The number of hydrogen-bond donors (Lipinski definition) is 5. The predicted molar refractivity (Wildman–Crippen MR) is 97.9 cm³/mol. The molecule has 0 radical (unpaired) electrons. The third-order valence-electron chi connectivity index (χ3n) is 3.52. The van der Waals surface area contributed by atoms with Crippen molar-refractivity contribution in [3.8, 4) is 11.1 Å². The fraction of sp³-hybridized carbons (Fsp3) is 0. The van der Waals surface area contributed by atoms with E-state index in [9.17, 15) is 8.42 Å². The molecule has 0 aliphatic heterocycles. The second kappa shape index (κ2) is 7.36. The van der Waals surface area contributed by atoms with E-state index in [0.29, 0.717) is 5.56 Å². The molecule has 0 aliphatic rings. The maximum atomic E-state index is 11.8. The number of nitrogen functional groups attached to an aromatic ring is 1. The number of nitrogens with zero attached hydrogens (tertiary/aromatic N) is 1. The van der Waals surface area contributed by atoms with E-state index in [1.165, 1.54) is 6.07 Å². The number of nitrogens with two attached hydrogens (primary N) is 4. The molecule has 0 bridgehead atoms. The summed E-state index contributed by atoms with van der Waals surface area (Å²) in [7, 11) is -3.98. The minimum atomic E-state index is -3.98. The van der Waals surface area contributed by atoms with Gasteiger partial charge in [0.1, 0.15) is 5.84 Å². The first kappa shape index (κ1) is 18.5. The van der Waals surface area contributed by atoms with E-state index in [-0.39, 0.29) is 16.3 Å². The number of benzene rings is 2. The summed E-state index contributed by atoms with van der Waals surface area (Å²) < 4.78 is 23.5.